The molecule has 0 unspecified atom stereocenters. The number of para-hydroxylation sites is 1. The third-order valence-electron chi connectivity index (χ3n) is 2.35. The van der Waals surface area contributed by atoms with E-state index in [1.54, 1.807) is 6.07 Å². The van der Waals surface area contributed by atoms with Crippen molar-refractivity contribution in [2.24, 2.45) is 0 Å². The number of fused-ring (bicyclic) bond motifs is 1. The second-order valence-electron chi connectivity index (χ2n) is 3.45. The third-order valence-corrected chi connectivity index (χ3v) is 2.35. The molecule has 0 aliphatic rings. The highest BCUT2D eigenvalue weighted by molar-refractivity contribution is 6.33. The van der Waals surface area contributed by atoms with Crippen LogP contribution in [0.4, 0.5) is 0 Å². The monoisotopic (exact) mass is 211 g/mol. The molecule has 0 bridgehead atoms. The number of hydrogen-bond donors (Lipinski definition) is 0. The second-order valence-corrected chi connectivity index (χ2v) is 3.45. The van der Waals surface area contributed by atoms with Crippen molar-refractivity contribution in [3.05, 3.63) is 47.1 Å². The van der Waals surface area contributed by atoms with Crippen LogP contribution in [0.25, 0.3) is 16.4 Å². The van der Waals surface area contributed by atoms with Crippen molar-refractivity contribution in [2.75, 3.05) is 0 Å². The number of carbonyl (C=O) groups is 1. The molecule has 4 nitrogen and oxygen atoms in total. The topological polar surface area (TPSA) is 66.4 Å². The van der Waals surface area contributed by atoms with Gasteiger partial charge in [-0.05, 0) is 24.6 Å². The summed E-state index contributed by atoms with van der Waals surface area (Å²) in [6.45, 7) is 1.91. The molecule has 0 saturated heterocycles. The molecule has 1 aromatic carbocycles. The van der Waals surface area contributed by atoms with E-state index in [0.717, 1.165) is 22.7 Å². The van der Waals surface area contributed by atoms with Crippen LogP contribution in [0.5, 0.6) is 0 Å². The van der Waals surface area contributed by atoms with Gasteiger partial charge >= 0.3 is 6.21 Å². The molecule has 78 valence electrons. The van der Waals surface area contributed by atoms with Gasteiger partial charge in [0.15, 0.2) is 0 Å². The minimum Gasteiger partial charge on any atom is -0.361 e. The standard InChI is InChI=1S/C12H9N3O/c1-8-6-11(12(16)7-14-13)15-10-5-3-2-4-9(8)10/h2-7H,1H3. The first-order valence-electron chi connectivity index (χ1n) is 4.80. The summed E-state index contributed by atoms with van der Waals surface area (Å²) < 4.78 is 0. The third kappa shape index (κ3) is 1.74. The summed E-state index contributed by atoms with van der Waals surface area (Å²) in [4.78, 5) is 18.4. The number of pyridine rings is 1. The Labute approximate surface area is 92.2 Å². The maximum atomic E-state index is 11.5. The number of aromatic nitrogens is 1. The molecule has 0 radical (unpaired) electrons. The quantitative estimate of drug-likeness (QED) is 0.330. The number of nitrogens with zero attached hydrogens (tertiary/aromatic N) is 3. The maximum absolute atomic E-state index is 11.5. The number of Topliss-reactive ketones (excluding diaryl/α,β-unsaturated/α-hetero) is 1. The number of ketones is 1. The SMILES string of the molecule is Cc1cc(C(=O)C=[N+]=[N-])nc2ccccc12. The molecular formula is C12H9N3O. The molecule has 0 saturated carbocycles. The Morgan fingerprint density at radius 3 is 2.94 bits per heavy atom. The van der Waals surface area contributed by atoms with E-state index in [1.165, 1.54) is 0 Å². The minimum atomic E-state index is -0.406. The summed E-state index contributed by atoms with van der Waals surface area (Å²) in [6.07, 6.45) is 0.844. The average molecular weight is 211 g/mol. The van der Waals surface area contributed by atoms with Gasteiger partial charge in [0.25, 0.3) is 5.78 Å². The molecule has 4 heteroatoms. The first-order valence-corrected chi connectivity index (χ1v) is 4.80. The molecule has 2 aromatic rings. The molecule has 1 aromatic heterocycles. The Kier molecular flexibility index (Phi) is 2.58. The normalized spacial score (nSPS) is 9.81. The van der Waals surface area contributed by atoms with Crippen LogP contribution < -0.4 is 0 Å². The fraction of sp³-hybridized carbons (Fsp3) is 0.0833. The highest BCUT2D eigenvalue weighted by Gasteiger charge is 2.11. The molecule has 0 amide bonds. The van der Waals surface area contributed by atoms with E-state index in [-0.39, 0.29) is 5.69 Å². The number of carbonyl (C=O) groups excluding carboxylic acids is 1. The Morgan fingerprint density at radius 1 is 1.44 bits per heavy atom. The van der Waals surface area contributed by atoms with Crippen LogP contribution in [-0.4, -0.2) is 21.8 Å². The van der Waals surface area contributed by atoms with Gasteiger partial charge in [-0.3, -0.25) is 4.79 Å². The lowest BCUT2D eigenvalue weighted by atomic mass is 10.1. The van der Waals surface area contributed by atoms with E-state index in [9.17, 15) is 4.79 Å². The van der Waals surface area contributed by atoms with E-state index in [2.05, 4.69) is 9.77 Å². The first-order chi connectivity index (χ1) is 7.72. The minimum absolute atomic E-state index is 0.286. The molecule has 16 heavy (non-hydrogen) atoms. The number of benzene rings is 1. The van der Waals surface area contributed by atoms with Gasteiger partial charge in [-0.25, -0.2) is 4.98 Å². The largest absolute Gasteiger partial charge is 0.361 e. The van der Waals surface area contributed by atoms with Gasteiger partial charge in [0.1, 0.15) is 5.69 Å². The Balaban J connectivity index is 2.66. The Hall–Kier alpha value is -2.32. The Morgan fingerprint density at radius 2 is 2.19 bits per heavy atom. The van der Waals surface area contributed by atoms with Gasteiger partial charge in [-0.2, -0.15) is 4.79 Å². The van der Waals surface area contributed by atoms with Crippen LogP contribution >= 0.6 is 0 Å². The van der Waals surface area contributed by atoms with E-state index < -0.39 is 5.78 Å². The van der Waals surface area contributed by atoms with Crippen molar-refractivity contribution < 1.29 is 9.58 Å². The molecule has 2 rings (SSSR count). The molecule has 0 N–H and O–H groups in total. The van der Waals surface area contributed by atoms with Crippen LogP contribution in [0, 0.1) is 6.92 Å². The number of rotatable bonds is 2. The van der Waals surface area contributed by atoms with Crippen LogP contribution in [0.15, 0.2) is 30.3 Å². The van der Waals surface area contributed by atoms with Gasteiger partial charge in [0.2, 0.25) is 0 Å². The van der Waals surface area contributed by atoms with Gasteiger partial charge in [0.05, 0.1) is 5.52 Å². The molecule has 0 fully saturated rings. The van der Waals surface area contributed by atoms with E-state index in [0.29, 0.717) is 0 Å². The summed E-state index contributed by atoms with van der Waals surface area (Å²) in [7, 11) is 0. The summed E-state index contributed by atoms with van der Waals surface area (Å²) in [5.74, 6) is -0.406. The average Bonchev–Trinajstić information content (AvgIpc) is 2.29. The van der Waals surface area contributed by atoms with Crippen LogP contribution in [0.3, 0.4) is 0 Å². The van der Waals surface area contributed by atoms with Crippen molar-refractivity contribution >= 4 is 22.9 Å². The van der Waals surface area contributed by atoms with Crippen LogP contribution in [0.1, 0.15) is 16.1 Å². The van der Waals surface area contributed by atoms with Crippen molar-refractivity contribution in [1.82, 2.24) is 4.98 Å². The summed E-state index contributed by atoms with van der Waals surface area (Å²) in [5, 5.41) is 1.01. The predicted molar refractivity (Wildman–Crippen MR) is 60.5 cm³/mol. The molecule has 0 atom stereocenters. The van der Waals surface area contributed by atoms with Gasteiger partial charge in [0, 0.05) is 5.39 Å². The molecule has 0 aliphatic heterocycles. The first kappa shape index (κ1) is 10.2. The number of aryl methyl sites for hydroxylation is 1. The lowest BCUT2D eigenvalue weighted by Crippen LogP contribution is -2.04. The maximum Gasteiger partial charge on any atom is 0.329 e. The molecule has 0 aliphatic carbocycles. The van der Waals surface area contributed by atoms with Crippen molar-refractivity contribution in [3.8, 4) is 0 Å². The van der Waals surface area contributed by atoms with Crippen molar-refractivity contribution in [3.63, 3.8) is 0 Å². The fourth-order valence-corrected chi connectivity index (χ4v) is 1.59. The van der Waals surface area contributed by atoms with E-state index in [1.807, 2.05) is 31.2 Å². The lowest BCUT2D eigenvalue weighted by Gasteiger charge is -2.02. The zero-order valence-electron chi connectivity index (χ0n) is 8.71. The highest BCUT2D eigenvalue weighted by Crippen LogP contribution is 2.17. The highest BCUT2D eigenvalue weighted by atomic mass is 16.1. The fourth-order valence-electron chi connectivity index (χ4n) is 1.59. The Bertz CT molecular complexity index is 613. The van der Waals surface area contributed by atoms with Gasteiger partial charge < -0.3 is 5.53 Å². The second kappa shape index (κ2) is 4.04. The summed E-state index contributed by atoms with van der Waals surface area (Å²) in [6, 6.07) is 9.27. The van der Waals surface area contributed by atoms with Crippen molar-refractivity contribution in [1.29, 1.82) is 0 Å². The van der Waals surface area contributed by atoms with Crippen LogP contribution in [-0.2, 0) is 0 Å². The molecule has 0 spiro atoms. The van der Waals surface area contributed by atoms with E-state index >= 15 is 0 Å². The zero-order valence-corrected chi connectivity index (χ0v) is 8.71. The summed E-state index contributed by atoms with van der Waals surface area (Å²) >= 11 is 0. The summed E-state index contributed by atoms with van der Waals surface area (Å²) in [5.41, 5.74) is 10.3. The number of hydrogen-bond acceptors (Lipinski definition) is 2. The lowest BCUT2D eigenvalue weighted by molar-refractivity contribution is 0.00230. The smallest absolute Gasteiger partial charge is 0.329 e. The van der Waals surface area contributed by atoms with Gasteiger partial charge in [-0.15, -0.1) is 0 Å². The molecular weight excluding hydrogens is 202 g/mol. The van der Waals surface area contributed by atoms with Crippen LogP contribution in [0.2, 0.25) is 0 Å². The molecule has 1 heterocycles. The predicted octanol–water partition coefficient (Wildman–Crippen LogP) is 2.03. The zero-order chi connectivity index (χ0) is 11.5. The van der Waals surface area contributed by atoms with E-state index in [4.69, 9.17) is 5.53 Å². The van der Waals surface area contributed by atoms with Crippen molar-refractivity contribution in [2.45, 2.75) is 6.92 Å². The van der Waals surface area contributed by atoms with Gasteiger partial charge in [-0.1, -0.05) is 18.2 Å².